The Hall–Kier alpha value is -2.63. The second kappa shape index (κ2) is 7.65. The van der Waals surface area contributed by atoms with Gasteiger partial charge in [-0.15, -0.1) is 22.0 Å². The largest absolute Gasteiger partial charge is 0.433 e. The first-order chi connectivity index (χ1) is 13.5. The zero-order valence-electron chi connectivity index (χ0n) is 15.0. The molecule has 0 saturated carbocycles. The SMILES string of the molecule is CCSc1cc(C(F)(F)F)cnc1-c1nnc(-c2cccc(C(F)(F)F)n2)n1C. The molecule has 5 nitrogen and oxygen atoms in total. The quantitative estimate of drug-likeness (QED) is 0.424. The van der Waals surface area contributed by atoms with Crippen molar-refractivity contribution in [2.75, 3.05) is 5.75 Å². The van der Waals surface area contributed by atoms with Crippen LogP contribution in [-0.4, -0.2) is 30.5 Å². The zero-order valence-corrected chi connectivity index (χ0v) is 15.8. The van der Waals surface area contributed by atoms with Crippen molar-refractivity contribution in [3.63, 3.8) is 0 Å². The highest BCUT2D eigenvalue weighted by Gasteiger charge is 2.34. The molecule has 3 aromatic rings. The Balaban J connectivity index is 2.08. The van der Waals surface area contributed by atoms with Crippen molar-refractivity contribution in [3.8, 4) is 23.0 Å². The second-order valence-corrected chi connectivity index (χ2v) is 7.12. The molecular weight excluding hydrogens is 420 g/mol. The standard InChI is InChI=1S/C17H13F6N5S/c1-3-29-11-7-9(16(18,19)20)8-24-13(11)15-27-26-14(28(15)2)10-5-4-6-12(25-10)17(21,22)23/h4-8H,3H2,1-2H3. The molecule has 154 valence electrons. The van der Waals surface area contributed by atoms with Gasteiger partial charge in [0.25, 0.3) is 0 Å². The molecule has 3 aromatic heterocycles. The van der Waals surface area contributed by atoms with Crippen LogP contribution in [0.4, 0.5) is 26.3 Å². The molecule has 3 rings (SSSR count). The van der Waals surface area contributed by atoms with E-state index < -0.39 is 23.6 Å². The van der Waals surface area contributed by atoms with Gasteiger partial charge in [0, 0.05) is 18.1 Å². The maximum absolute atomic E-state index is 13.0. The number of alkyl halides is 6. The minimum Gasteiger partial charge on any atom is -0.307 e. The number of aromatic nitrogens is 5. The van der Waals surface area contributed by atoms with Crippen LogP contribution in [0.1, 0.15) is 18.2 Å². The zero-order chi connectivity index (χ0) is 21.4. The van der Waals surface area contributed by atoms with E-state index in [0.717, 1.165) is 23.9 Å². The first-order valence-corrected chi connectivity index (χ1v) is 9.15. The van der Waals surface area contributed by atoms with Crippen LogP contribution in [0.3, 0.4) is 0 Å². The highest BCUT2D eigenvalue weighted by atomic mass is 32.2. The molecule has 12 heteroatoms. The number of pyridine rings is 2. The lowest BCUT2D eigenvalue weighted by Gasteiger charge is -2.12. The lowest BCUT2D eigenvalue weighted by molar-refractivity contribution is -0.141. The third-order valence-corrected chi connectivity index (χ3v) is 4.75. The molecule has 0 unspecified atom stereocenters. The molecule has 0 atom stereocenters. The number of nitrogens with zero attached hydrogens (tertiary/aromatic N) is 5. The fourth-order valence-electron chi connectivity index (χ4n) is 2.51. The van der Waals surface area contributed by atoms with Crippen molar-refractivity contribution in [1.29, 1.82) is 0 Å². The van der Waals surface area contributed by atoms with Crippen molar-refractivity contribution in [3.05, 3.63) is 41.7 Å². The summed E-state index contributed by atoms with van der Waals surface area (Å²) in [5.74, 6) is 0.625. The van der Waals surface area contributed by atoms with Crippen LogP contribution in [0.25, 0.3) is 23.0 Å². The molecule has 0 radical (unpaired) electrons. The molecule has 0 bridgehead atoms. The molecule has 0 amide bonds. The molecule has 0 aliphatic carbocycles. The van der Waals surface area contributed by atoms with Crippen molar-refractivity contribution in [2.24, 2.45) is 7.05 Å². The maximum Gasteiger partial charge on any atom is 0.433 e. The maximum atomic E-state index is 13.0. The molecule has 0 saturated heterocycles. The molecule has 0 N–H and O–H groups in total. The van der Waals surface area contributed by atoms with Crippen LogP contribution in [0.2, 0.25) is 0 Å². The van der Waals surface area contributed by atoms with E-state index in [-0.39, 0.29) is 27.9 Å². The fraction of sp³-hybridized carbons (Fsp3) is 0.294. The average molecular weight is 433 g/mol. The van der Waals surface area contributed by atoms with E-state index in [0.29, 0.717) is 11.9 Å². The predicted octanol–water partition coefficient (Wildman–Crippen LogP) is 5.09. The Kier molecular flexibility index (Phi) is 5.57. The van der Waals surface area contributed by atoms with Gasteiger partial charge >= 0.3 is 12.4 Å². The van der Waals surface area contributed by atoms with Crippen LogP contribution < -0.4 is 0 Å². The monoisotopic (exact) mass is 433 g/mol. The molecular formula is C17H13F6N5S. The van der Waals surface area contributed by atoms with Gasteiger partial charge < -0.3 is 4.57 Å². The van der Waals surface area contributed by atoms with Crippen molar-refractivity contribution < 1.29 is 26.3 Å². The Morgan fingerprint density at radius 2 is 1.69 bits per heavy atom. The highest BCUT2D eigenvalue weighted by molar-refractivity contribution is 7.99. The summed E-state index contributed by atoms with van der Waals surface area (Å²) in [4.78, 5) is 7.70. The number of hydrogen-bond donors (Lipinski definition) is 0. The first kappa shape index (κ1) is 21.1. The summed E-state index contributed by atoms with van der Waals surface area (Å²) >= 11 is 1.14. The van der Waals surface area contributed by atoms with E-state index in [1.54, 1.807) is 6.92 Å². The van der Waals surface area contributed by atoms with Crippen molar-refractivity contribution in [2.45, 2.75) is 24.2 Å². The number of hydrogen-bond acceptors (Lipinski definition) is 5. The van der Waals surface area contributed by atoms with Gasteiger partial charge in [-0.3, -0.25) is 4.98 Å². The summed E-state index contributed by atoms with van der Waals surface area (Å²) in [5, 5.41) is 7.79. The van der Waals surface area contributed by atoms with Crippen LogP contribution in [0, 0.1) is 0 Å². The van der Waals surface area contributed by atoms with Crippen molar-refractivity contribution in [1.82, 2.24) is 24.7 Å². The van der Waals surface area contributed by atoms with Crippen LogP contribution in [-0.2, 0) is 19.4 Å². The van der Waals surface area contributed by atoms with Gasteiger partial charge in [0.15, 0.2) is 11.6 Å². The highest BCUT2D eigenvalue weighted by Crippen LogP contribution is 2.36. The molecule has 0 aliphatic heterocycles. The number of rotatable bonds is 4. The summed E-state index contributed by atoms with van der Waals surface area (Å²) in [6.45, 7) is 1.77. The van der Waals surface area contributed by atoms with Gasteiger partial charge in [0.1, 0.15) is 17.1 Å². The molecule has 0 aliphatic rings. The third kappa shape index (κ3) is 4.36. The molecule has 0 fully saturated rings. The van der Waals surface area contributed by atoms with Gasteiger partial charge in [-0.05, 0) is 24.0 Å². The van der Waals surface area contributed by atoms with Crippen LogP contribution in [0.15, 0.2) is 35.4 Å². The van der Waals surface area contributed by atoms with E-state index in [1.165, 1.54) is 23.7 Å². The van der Waals surface area contributed by atoms with Crippen LogP contribution >= 0.6 is 11.8 Å². The minimum absolute atomic E-state index is 0.0280. The topological polar surface area (TPSA) is 56.5 Å². The van der Waals surface area contributed by atoms with Gasteiger partial charge in [0.05, 0.1) is 5.56 Å². The lowest BCUT2D eigenvalue weighted by atomic mass is 10.2. The minimum atomic E-state index is -4.63. The van der Waals surface area contributed by atoms with E-state index in [1.807, 2.05) is 0 Å². The number of thioether (sulfide) groups is 1. The predicted molar refractivity (Wildman–Crippen MR) is 93.9 cm³/mol. The lowest BCUT2D eigenvalue weighted by Crippen LogP contribution is -2.09. The van der Waals surface area contributed by atoms with E-state index in [9.17, 15) is 26.3 Å². The third-order valence-electron chi connectivity index (χ3n) is 3.84. The summed E-state index contributed by atoms with van der Waals surface area (Å²) in [6, 6.07) is 4.32. The van der Waals surface area contributed by atoms with Gasteiger partial charge in [-0.25, -0.2) is 4.98 Å². The van der Waals surface area contributed by atoms with Gasteiger partial charge in [0.2, 0.25) is 0 Å². The van der Waals surface area contributed by atoms with E-state index in [4.69, 9.17) is 0 Å². The Bertz CT molecular complexity index is 1030. The summed E-state index contributed by atoms with van der Waals surface area (Å²) in [6.07, 6.45) is -8.50. The Morgan fingerprint density at radius 1 is 1.00 bits per heavy atom. The average Bonchev–Trinajstić information content (AvgIpc) is 3.02. The summed E-state index contributed by atoms with van der Waals surface area (Å²) in [7, 11) is 1.48. The van der Waals surface area contributed by atoms with Crippen LogP contribution in [0.5, 0.6) is 0 Å². The Labute approximate surface area is 165 Å². The summed E-state index contributed by atoms with van der Waals surface area (Å²) in [5.41, 5.74) is -1.91. The van der Waals surface area contributed by atoms with Gasteiger partial charge in [-0.2, -0.15) is 26.3 Å². The molecule has 0 spiro atoms. The molecule has 0 aromatic carbocycles. The van der Waals surface area contributed by atoms with Gasteiger partial charge in [-0.1, -0.05) is 13.0 Å². The van der Waals surface area contributed by atoms with Crippen molar-refractivity contribution >= 4 is 11.8 Å². The van der Waals surface area contributed by atoms with E-state index in [2.05, 4.69) is 20.2 Å². The fourth-order valence-corrected chi connectivity index (χ4v) is 3.31. The second-order valence-electron chi connectivity index (χ2n) is 5.81. The smallest absolute Gasteiger partial charge is 0.307 e. The molecule has 3 heterocycles. The number of halogens is 6. The first-order valence-electron chi connectivity index (χ1n) is 8.16. The van der Waals surface area contributed by atoms with E-state index >= 15 is 0 Å². The summed E-state index contributed by atoms with van der Waals surface area (Å²) < 4.78 is 79.1. The normalized spacial score (nSPS) is 12.4. The Morgan fingerprint density at radius 3 is 2.31 bits per heavy atom. The molecule has 29 heavy (non-hydrogen) atoms.